The van der Waals surface area contributed by atoms with Gasteiger partial charge in [0.25, 0.3) is 5.69 Å². The Bertz CT molecular complexity index is 968. The minimum atomic E-state index is -0.886. The first-order valence-corrected chi connectivity index (χ1v) is 8.16. The average molecular weight is 385 g/mol. The Kier molecular flexibility index (Phi) is 5.49. The highest BCUT2D eigenvalue weighted by Gasteiger charge is 2.19. The lowest BCUT2D eigenvalue weighted by Crippen LogP contribution is -2.08. The number of nitro groups is 1. The second kappa shape index (κ2) is 8.16. The van der Waals surface area contributed by atoms with E-state index in [1.165, 1.54) is 24.3 Å². The molecular formula is C18H15N3O7. The SMILES string of the molecule is CCOC(=O)/C(N=Nc1ccc2c(c1)OCO2)=C(\O)c1ccc([N+](=O)[O-])cc1. The lowest BCUT2D eigenvalue weighted by molar-refractivity contribution is -0.384. The molecule has 2 aromatic carbocycles. The summed E-state index contributed by atoms with van der Waals surface area (Å²) in [6.45, 7) is 1.77. The van der Waals surface area contributed by atoms with Crippen LogP contribution in [0, 0.1) is 10.1 Å². The number of nitrogens with zero attached hydrogens (tertiary/aromatic N) is 3. The van der Waals surface area contributed by atoms with Crippen LogP contribution < -0.4 is 9.47 Å². The van der Waals surface area contributed by atoms with Crippen molar-refractivity contribution >= 4 is 23.1 Å². The van der Waals surface area contributed by atoms with E-state index < -0.39 is 22.3 Å². The monoisotopic (exact) mass is 385 g/mol. The fraction of sp³-hybridized carbons (Fsp3) is 0.167. The van der Waals surface area contributed by atoms with Gasteiger partial charge in [0, 0.05) is 23.8 Å². The molecule has 28 heavy (non-hydrogen) atoms. The molecule has 0 saturated carbocycles. The molecule has 0 aromatic heterocycles. The van der Waals surface area contributed by atoms with Gasteiger partial charge in [-0.3, -0.25) is 10.1 Å². The molecule has 0 unspecified atom stereocenters. The summed E-state index contributed by atoms with van der Waals surface area (Å²) >= 11 is 0. The molecule has 0 amide bonds. The van der Waals surface area contributed by atoms with E-state index in [0.29, 0.717) is 17.2 Å². The van der Waals surface area contributed by atoms with Gasteiger partial charge in [-0.05, 0) is 31.2 Å². The third-order valence-corrected chi connectivity index (χ3v) is 3.67. The largest absolute Gasteiger partial charge is 0.505 e. The van der Waals surface area contributed by atoms with Crippen molar-refractivity contribution in [2.75, 3.05) is 13.4 Å². The number of aliphatic hydroxyl groups excluding tert-OH is 1. The summed E-state index contributed by atoms with van der Waals surface area (Å²) < 4.78 is 15.4. The molecule has 0 aliphatic carbocycles. The molecule has 0 fully saturated rings. The Balaban J connectivity index is 1.94. The van der Waals surface area contributed by atoms with Crippen molar-refractivity contribution in [3.8, 4) is 11.5 Å². The Morgan fingerprint density at radius 1 is 1.21 bits per heavy atom. The van der Waals surface area contributed by atoms with Crippen molar-refractivity contribution in [2.24, 2.45) is 10.2 Å². The zero-order valence-electron chi connectivity index (χ0n) is 14.7. The summed E-state index contributed by atoms with van der Waals surface area (Å²) in [6, 6.07) is 9.79. The number of hydrogen-bond acceptors (Lipinski definition) is 9. The molecule has 1 heterocycles. The molecule has 1 aliphatic rings. The molecule has 10 nitrogen and oxygen atoms in total. The number of rotatable bonds is 6. The normalized spacial score (nSPS) is 13.3. The van der Waals surface area contributed by atoms with Crippen LogP contribution in [-0.4, -0.2) is 29.4 Å². The lowest BCUT2D eigenvalue weighted by atomic mass is 10.1. The van der Waals surface area contributed by atoms with Crippen LogP contribution in [0.25, 0.3) is 5.76 Å². The summed E-state index contributed by atoms with van der Waals surface area (Å²) in [4.78, 5) is 22.4. The van der Waals surface area contributed by atoms with Crippen molar-refractivity contribution in [3.63, 3.8) is 0 Å². The minimum absolute atomic E-state index is 0.0649. The summed E-state index contributed by atoms with van der Waals surface area (Å²) in [5, 5.41) is 29.0. The highest BCUT2D eigenvalue weighted by molar-refractivity contribution is 5.95. The van der Waals surface area contributed by atoms with Gasteiger partial charge in [0.05, 0.1) is 17.2 Å². The van der Waals surface area contributed by atoms with Gasteiger partial charge in [-0.15, -0.1) is 5.11 Å². The Labute approximate surface area is 158 Å². The molecule has 1 N–H and O–H groups in total. The van der Waals surface area contributed by atoms with Gasteiger partial charge in [0.15, 0.2) is 17.3 Å². The Hall–Kier alpha value is -3.95. The Morgan fingerprint density at radius 3 is 2.61 bits per heavy atom. The number of fused-ring (bicyclic) bond motifs is 1. The van der Waals surface area contributed by atoms with E-state index in [2.05, 4.69) is 10.2 Å². The molecule has 144 valence electrons. The third kappa shape index (κ3) is 4.06. The van der Waals surface area contributed by atoms with Gasteiger partial charge in [-0.1, -0.05) is 0 Å². The van der Waals surface area contributed by atoms with Crippen LogP contribution in [0.4, 0.5) is 11.4 Å². The maximum atomic E-state index is 12.2. The highest BCUT2D eigenvalue weighted by Crippen LogP contribution is 2.35. The first kappa shape index (κ1) is 18.8. The number of esters is 1. The fourth-order valence-corrected chi connectivity index (χ4v) is 2.32. The van der Waals surface area contributed by atoms with Crippen LogP contribution in [-0.2, 0) is 9.53 Å². The number of benzene rings is 2. The van der Waals surface area contributed by atoms with Gasteiger partial charge >= 0.3 is 5.97 Å². The van der Waals surface area contributed by atoms with E-state index in [0.717, 1.165) is 0 Å². The molecular weight excluding hydrogens is 370 g/mol. The Morgan fingerprint density at radius 2 is 1.93 bits per heavy atom. The van der Waals surface area contributed by atoms with Crippen LogP contribution in [0.2, 0.25) is 0 Å². The topological polar surface area (TPSA) is 133 Å². The van der Waals surface area contributed by atoms with Crippen LogP contribution in [0.3, 0.4) is 0 Å². The summed E-state index contributed by atoms with van der Waals surface area (Å²) in [6.07, 6.45) is 0. The first-order chi connectivity index (χ1) is 13.5. The van der Waals surface area contributed by atoms with Crippen LogP contribution in [0.15, 0.2) is 58.4 Å². The van der Waals surface area contributed by atoms with Crippen molar-refractivity contribution in [1.29, 1.82) is 0 Å². The zero-order valence-corrected chi connectivity index (χ0v) is 14.7. The maximum Gasteiger partial charge on any atom is 0.362 e. The van der Waals surface area contributed by atoms with Crippen molar-refractivity contribution in [3.05, 3.63) is 63.8 Å². The quantitative estimate of drug-likeness (QED) is 0.199. The smallest absolute Gasteiger partial charge is 0.362 e. The van der Waals surface area contributed by atoms with E-state index >= 15 is 0 Å². The highest BCUT2D eigenvalue weighted by atomic mass is 16.7. The minimum Gasteiger partial charge on any atom is -0.505 e. The summed E-state index contributed by atoms with van der Waals surface area (Å²) in [7, 11) is 0. The molecule has 0 atom stereocenters. The maximum absolute atomic E-state index is 12.2. The predicted octanol–water partition coefficient (Wildman–Crippen LogP) is 3.90. The van der Waals surface area contributed by atoms with Crippen molar-refractivity contribution in [1.82, 2.24) is 0 Å². The van der Waals surface area contributed by atoms with Crippen LogP contribution in [0.1, 0.15) is 12.5 Å². The van der Waals surface area contributed by atoms with E-state index in [9.17, 15) is 20.0 Å². The van der Waals surface area contributed by atoms with Crippen molar-refractivity contribution < 1.29 is 29.0 Å². The van der Waals surface area contributed by atoms with E-state index in [1.807, 2.05) is 0 Å². The van der Waals surface area contributed by atoms with E-state index in [-0.39, 0.29) is 24.7 Å². The first-order valence-electron chi connectivity index (χ1n) is 8.16. The standard InChI is InChI=1S/C18H15N3O7/c1-2-26-18(23)16(17(22)11-3-6-13(7-4-11)21(24)25)20-19-12-5-8-14-15(9-12)28-10-27-14/h3-9,22H,2,10H2,1H3/b17-16+,20-19?. The van der Waals surface area contributed by atoms with Gasteiger partial charge in [0.2, 0.25) is 12.5 Å². The predicted molar refractivity (Wildman–Crippen MR) is 96.4 cm³/mol. The van der Waals surface area contributed by atoms with Gasteiger partial charge in [-0.2, -0.15) is 5.11 Å². The molecule has 0 saturated heterocycles. The van der Waals surface area contributed by atoms with Gasteiger partial charge in [0.1, 0.15) is 0 Å². The molecule has 0 spiro atoms. The number of aliphatic hydroxyl groups is 1. The molecule has 3 rings (SSSR count). The number of non-ortho nitro benzene ring substituents is 1. The number of nitro benzene ring substituents is 1. The number of azo groups is 1. The molecule has 10 heteroatoms. The van der Waals surface area contributed by atoms with Crippen LogP contribution in [0.5, 0.6) is 11.5 Å². The van der Waals surface area contributed by atoms with Gasteiger partial charge in [-0.25, -0.2) is 4.79 Å². The zero-order chi connectivity index (χ0) is 20.1. The number of ether oxygens (including phenoxy) is 3. The summed E-state index contributed by atoms with van der Waals surface area (Å²) in [5.74, 6) is -0.354. The molecule has 2 aromatic rings. The third-order valence-electron chi connectivity index (χ3n) is 3.67. The fourth-order valence-electron chi connectivity index (χ4n) is 2.32. The van der Waals surface area contributed by atoms with Gasteiger partial charge < -0.3 is 19.3 Å². The second-order valence-electron chi connectivity index (χ2n) is 5.46. The molecule has 0 radical (unpaired) electrons. The van der Waals surface area contributed by atoms with Crippen molar-refractivity contribution in [2.45, 2.75) is 6.92 Å². The molecule has 0 bridgehead atoms. The molecule has 1 aliphatic heterocycles. The number of hydrogen-bond donors (Lipinski definition) is 1. The number of carbonyl (C=O) groups is 1. The van der Waals surface area contributed by atoms with Crippen LogP contribution >= 0.6 is 0 Å². The van der Waals surface area contributed by atoms with E-state index in [4.69, 9.17) is 14.2 Å². The lowest BCUT2D eigenvalue weighted by Gasteiger charge is -2.06. The van der Waals surface area contributed by atoms with E-state index in [1.54, 1.807) is 25.1 Å². The summed E-state index contributed by atoms with van der Waals surface area (Å²) in [5.41, 5.74) is -0.0783. The second-order valence-corrected chi connectivity index (χ2v) is 5.46. The number of carbonyl (C=O) groups excluding carboxylic acids is 1. The average Bonchev–Trinajstić information content (AvgIpc) is 3.16.